The molecular weight excluding hydrogens is 307 g/mol. The van der Waals surface area contributed by atoms with Gasteiger partial charge < -0.3 is 9.47 Å². The molecule has 1 amide bonds. The molecule has 0 radical (unpaired) electrons. The van der Waals surface area contributed by atoms with Crippen molar-refractivity contribution in [3.05, 3.63) is 34.9 Å². The SMILES string of the molecule is O=C(Cc1cc(C2CO2)cc(C2CO2)c1)NSC(F)(F)F. The monoisotopic (exact) mass is 319 g/mol. The van der Waals surface area contributed by atoms with Crippen molar-refractivity contribution in [2.45, 2.75) is 24.1 Å². The van der Waals surface area contributed by atoms with Crippen molar-refractivity contribution in [1.29, 1.82) is 0 Å². The molecule has 2 atom stereocenters. The quantitative estimate of drug-likeness (QED) is 0.670. The van der Waals surface area contributed by atoms with E-state index in [0.717, 1.165) is 11.1 Å². The van der Waals surface area contributed by atoms with E-state index in [1.165, 1.54) is 0 Å². The van der Waals surface area contributed by atoms with Crippen molar-refractivity contribution in [3.63, 3.8) is 0 Å². The predicted octanol–water partition coefficient (Wildman–Crippen LogP) is 2.66. The van der Waals surface area contributed by atoms with Gasteiger partial charge >= 0.3 is 5.51 Å². The standard InChI is InChI=1S/C13H12F3NO3S/c14-13(15,16)21-17-12(18)3-7-1-8(10-5-19-10)4-9(2-7)11-6-20-11/h1-2,4,10-11H,3,5-6H2,(H,17,18). The van der Waals surface area contributed by atoms with Crippen LogP contribution in [0, 0.1) is 0 Å². The molecular formula is C13H12F3NO3S. The molecule has 4 nitrogen and oxygen atoms in total. The number of ether oxygens (including phenoxy) is 2. The maximum atomic E-state index is 12.0. The van der Waals surface area contributed by atoms with Crippen molar-refractivity contribution in [2.24, 2.45) is 0 Å². The molecule has 3 rings (SSSR count). The zero-order valence-corrected chi connectivity index (χ0v) is 11.6. The Hall–Kier alpha value is -1.25. The van der Waals surface area contributed by atoms with Crippen molar-refractivity contribution in [3.8, 4) is 0 Å². The molecule has 2 heterocycles. The highest BCUT2D eigenvalue weighted by molar-refractivity contribution is 7.98. The molecule has 0 aromatic heterocycles. The number of halogens is 3. The van der Waals surface area contributed by atoms with Crippen LogP contribution in [0.15, 0.2) is 18.2 Å². The second kappa shape index (κ2) is 5.51. The first-order chi connectivity index (χ1) is 9.90. The van der Waals surface area contributed by atoms with Crippen LogP contribution in [0.5, 0.6) is 0 Å². The van der Waals surface area contributed by atoms with Gasteiger partial charge in [-0.15, -0.1) is 0 Å². The molecule has 2 unspecified atom stereocenters. The lowest BCUT2D eigenvalue weighted by atomic mass is 10.00. The van der Waals surface area contributed by atoms with Crippen molar-refractivity contribution < 1.29 is 27.4 Å². The highest BCUT2D eigenvalue weighted by atomic mass is 32.2. The number of hydrogen-bond acceptors (Lipinski definition) is 4. The average molecular weight is 319 g/mol. The Labute approximate surface area is 123 Å². The summed E-state index contributed by atoms with van der Waals surface area (Å²) >= 11 is -0.542. The number of hydrogen-bond donors (Lipinski definition) is 1. The first-order valence-corrected chi connectivity index (χ1v) is 7.13. The smallest absolute Gasteiger partial charge is 0.368 e. The van der Waals surface area contributed by atoms with Gasteiger partial charge in [-0.2, -0.15) is 13.2 Å². The zero-order chi connectivity index (χ0) is 15.0. The topological polar surface area (TPSA) is 54.2 Å². The van der Waals surface area contributed by atoms with Crippen molar-refractivity contribution in [2.75, 3.05) is 13.2 Å². The van der Waals surface area contributed by atoms with Crippen molar-refractivity contribution in [1.82, 2.24) is 4.72 Å². The third-order valence-corrected chi connectivity index (χ3v) is 3.65. The summed E-state index contributed by atoms with van der Waals surface area (Å²) in [7, 11) is 0. The Morgan fingerprint density at radius 3 is 2.14 bits per heavy atom. The summed E-state index contributed by atoms with van der Waals surface area (Å²) in [4.78, 5) is 11.6. The maximum absolute atomic E-state index is 12.0. The van der Waals surface area contributed by atoms with Crippen LogP contribution in [0.25, 0.3) is 0 Å². The molecule has 2 fully saturated rings. The van der Waals surface area contributed by atoms with Gasteiger partial charge in [0.1, 0.15) is 12.2 Å². The predicted molar refractivity (Wildman–Crippen MR) is 69.3 cm³/mol. The van der Waals surface area contributed by atoms with E-state index < -0.39 is 23.4 Å². The number of carbonyl (C=O) groups excluding carboxylic acids is 1. The van der Waals surface area contributed by atoms with Crippen molar-refractivity contribution >= 4 is 17.9 Å². The highest BCUT2D eigenvalue weighted by Gasteiger charge is 2.31. The minimum Gasteiger partial charge on any atom is -0.368 e. The van der Waals surface area contributed by atoms with E-state index in [4.69, 9.17) is 9.47 Å². The van der Waals surface area contributed by atoms with E-state index in [1.807, 2.05) is 6.07 Å². The summed E-state index contributed by atoms with van der Waals surface area (Å²) in [5.41, 5.74) is -1.94. The molecule has 0 saturated carbocycles. The van der Waals surface area contributed by atoms with Gasteiger partial charge in [-0.1, -0.05) is 18.2 Å². The summed E-state index contributed by atoms with van der Waals surface area (Å²) < 4.78 is 48.3. The molecule has 0 aliphatic carbocycles. The molecule has 1 N–H and O–H groups in total. The third kappa shape index (κ3) is 4.36. The number of nitrogens with one attached hydrogen (secondary N) is 1. The third-order valence-electron chi connectivity index (χ3n) is 3.09. The second-order valence-electron chi connectivity index (χ2n) is 4.90. The molecule has 1 aromatic rings. The second-order valence-corrected chi connectivity index (χ2v) is 5.77. The molecule has 8 heteroatoms. The zero-order valence-electron chi connectivity index (χ0n) is 10.8. The average Bonchev–Trinajstić information content (AvgIpc) is 3.28. The number of amides is 1. The normalized spacial score (nSPS) is 23.8. The van der Waals surface area contributed by atoms with Gasteiger partial charge in [-0.3, -0.25) is 9.52 Å². The van der Waals surface area contributed by atoms with Crippen LogP contribution in [-0.4, -0.2) is 24.6 Å². The summed E-state index contributed by atoms with van der Waals surface area (Å²) in [5, 5.41) is 0. The minimum atomic E-state index is -4.48. The molecule has 21 heavy (non-hydrogen) atoms. The van der Waals surface area contributed by atoms with E-state index in [1.54, 1.807) is 16.9 Å². The largest absolute Gasteiger partial charge is 0.461 e. The summed E-state index contributed by atoms with van der Waals surface area (Å²) in [5.74, 6) is -0.686. The number of carbonyl (C=O) groups is 1. The first-order valence-electron chi connectivity index (χ1n) is 6.31. The lowest BCUT2D eigenvalue weighted by Crippen LogP contribution is -2.22. The molecule has 2 saturated heterocycles. The van der Waals surface area contributed by atoms with Crippen LogP contribution in [0.3, 0.4) is 0 Å². The number of rotatable bonds is 5. The van der Waals surface area contributed by atoms with Crippen LogP contribution < -0.4 is 4.72 Å². The number of alkyl halides is 3. The molecule has 114 valence electrons. The van der Waals surface area contributed by atoms with E-state index in [0.29, 0.717) is 18.8 Å². The van der Waals surface area contributed by atoms with Gasteiger partial charge in [0.05, 0.1) is 31.6 Å². The Balaban J connectivity index is 1.67. The van der Waals surface area contributed by atoms with E-state index >= 15 is 0 Å². The molecule has 0 bridgehead atoms. The fraction of sp³-hybridized carbons (Fsp3) is 0.462. The fourth-order valence-corrected chi connectivity index (χ4v) is 2.34. The Morgan fingerprint density at radius 1 is 1.19 bits per heavy atom. The lowest BCUT2D eigenvalue weighted by Gasteiger charge is -2.09. The van der Waals surface area contributed by atoms with Gasteiger partial charge in [0.2, 0.25) is 5.91 Å². The molecule has 0 spiro atoms. The summed E-state index contributed by atoms with van der Waals surface area (Å²) in [6.07, 6.45) is -0.0614. The van der Waals surface area contributed by atoms with Gasteiger partial charge in [0, 0.05) is 0 Å². The van der Waals surface area contributed by atoms with Crippen LogP contribution in [0.1, 0.15) is 28.9 Å². The van der Waals surface area contributed by atoms with E-state index in [9.17, 15) is 18.0 Å². The minimum absolute atomic E-state index is 0.0232. The van der Waals surface area contributed by atoms with E-state index in [-0.39, 0.29) is 18.6 Å². The number of benzene rings is 1. The summed E-state index contributed by atoms with van der Waals surface area (Å²) in [6, 6.07) is 5.55. The Bertz CT molecular complexity index is 526. The van der Waals surface area contributed by atoms with Gasteiger partial charge in [0.25, 0.3) is 0 Å². The first kappa shape index (κ1) is 14.7. The summed E-state index contributed by atoms with van der Waals surface area (Å²) in [6.45, 7) is 1.26. The van der Waals surface area contributed by atoms with Crippen LogP contribution >= 0.6 is 11.9 Å². The van der Waals surface area contributed by atoms with Crippen LogP contribution in [-0.2, 0) is 20.7 Å². The van der Waals surface area contributed by atoms with Gasteiger partial charge in [-0.25, -0.2) is 0 Å². The molecule has 2 aliphatic rings. The van der Waals surface area contributed by atoms with Crippen LogP contribution in [0.4, 0.5) is 13.2 Å². The lowest BCUT2D eigenvalue weighted by molar-refractivity contribution is -0.119. The highest BCUT2D eigenvalue weighted by Crippen LogP contribution is 2.36. The van der Waals surface area contributed by atoms with Gasteiger partial charge in [0.15, 0.2) is 0 Å². The van der Waals surface area contributed by atoms with E-state index in [2.05, 4.69) is 0 Å². The molecule has 1 aromatic carbocycles. The van der Waals surface area contributed by atoms with Gasteiger partial charge in [-0.05, 0) is 16.7 Å². The number of epoxide rings is 2. The Kier molecular flexibility index (Phi) is 3.85. The molecule has 2 aliphatic heterocycles. The Morgan fingerprint density at radius 2 is 1.71 bits per heavy atom. The van der Waals surface area contributed by atoms with Crippen LogP contribution in [0.2, 0.25) is 0 Å². The maximum Gasteiger partial charge on any atom is 0.461 e. The fourth-order valence-electron chi connectivity index (χ4n) is 2.04.